The van der Waals surface area contributed by atoms with Gasteiger partial charge in [-0.1, -0.05) is 13.0 Å². The normalized spacial score (nSPS) is 10.7. The van der Waals surface area contributed by atoms with Crippen molar-refractivity contribution >= 4 is 16.8 Å². The molecule has 0 saturated heterocycles. The number of Topliss-reactive ketones (excluding diaryl/α,β-unsaturated/α-hetero) is 1. The molecule has 1 aromatic carbocycles. The van der Waals surface area contributed by atoms with E-state index in [4.69, 9.17) is 0 Å². The number of nitrogens with zero attached hydrogens (tertiary/aromatic N) is 1. The average molecular weight is 188 g/mol. The zero-order valence-electron chi connectivity index (χ0n) is 8.29. The number of hydrogen-bond donors (Lipinski definition) is 1. The second-order valence-electron chi connectivity index (χ2n) is 3.29. The molecule has 0 atom stereocenters. The van der Waals surface area contributed by atoms with Gasteiger partial charge in [-0.25, -0.2) is 4.98 Å². The number of hydrogen-bond acceptors (Lipinski definition) is 2. The third-order valence-corrected chi connectivity index (χ3v) is 2.28. The minimum Gasteiger partial charge on any atom is -0.342 e. The van der Waals surface area contributed by atoms with Crippen LogP contribution >= 0.6 is 0 Å². The molecule has 0 bridgehead atoms. The van der Waals surface area contributed by atoms with Gasteiger partial charge in [0, 0.05) is 12.0 Å². The fourth-order valence-electron chi connectivity index (χ4n) is 1.53. The maximum Gasteiger partial charge on any atom is 0.162 e. The van der Waals surface area contributed by atoms with E-state index < -0.39 is 0 Å². The summed E-state index contributed by atoms with van der Waals surface area (Å²) in [5, 5.41) is 0. The molecule has 0 fully saturated rings. The number of rotatable bonds is 2. The molecule has 0 saturated carbocycles. The number of H-pyrrole nitrogens is 1. The van der Waals surface area contributed by atoms with Crippen molar-refractivity contribution in [1.82, 2.24) is 9.97 Å². The van der Waals surface area contributed by atoms with E-state index in [9.17, 15) is 4.79 Å². The molecular formula is C11H12N2O. The van der Waals surface area contributed by atoms with Gasteiger partial charge in [-0.2, -0.15) is 0 Å². The molecule has 2 aromatic rings. The minimum atomic E-state index is 0.0600. The van der Waals surface area contributed by atoms with Crippen LogP contribution in [0.4, 0.5) is 0 Å². The van der Waals surface area contributed by atoms with Crippen LogP contribution in [-0.4, -0.2) is 15.8 Å². The van der Waals surface area contributed by atoms with E-state index in [1.54, 1.807) is 6.92 Å². The molecule has 0 amide bonds. The molecule has 0 aliphatic carbocycles. The highest BCUT2D eigenvalue weighted by atomic mass is 16.1. The molecule has 3 nitrogen and oxygen atoms in total. The number of aromatic amines is 1. The van der Waals surface area contributed by atoms with Crippen LogP contribution in [0.15, 0.2) is 18.2 Å². The Morgan fingerprint density at radius 3 is 2.93 bits per heavy atom. The maximum absolute atomic E-state index is 11.3. The molecule has 72 valence electrons. The number of fused-ring (bicyclic) bond motifs is 1. The van der Waals surface area contributed by atoms with Gasteiger partial charge in [0.25, 0.3) is 0 Å². The Labute approximate surface area is 82.2 Å². The number of carbonyl (C=O) groups is 1. The van der Waals surface area contributed by atoms with Gasteiger partial charge in [-0.05, 0) is 19.1 Å². The molecule has 14 heavy (non-hydrogen) atoms. The Balaban J connectivity index is 2.73. The quantitative estimate of drug-likeness (QED) is 0.735. The second-order valence-corrected chi connectivity index (χ2v) is 3.29. The van der Waals surface area contributed by atoms with E-state index in [0.29, 0.717) is 5.56 Å². The highest BCUT2D eigenvalue weighted by Gasteiger charge is 2.08. The van der Waals surface area contributed by atoms with Gasteiger partial charge < -0.3 is 4.98 Å². The molecule has 1 aromatic heterocycles. The Kier molecular flexibility index (Phi) is 2.08. The number of aromatic nitrogens is 2. The van der Waals surface area contributed by atoms with E-state index in [1.165, 1.54) is 0 Å². The van der Waals surface area contributed by atoms with Gasteiger partial charge in [-0.3, -0.25) is 4.79 Å². The SMILES string of the molecule is CCc1nc2c(C(C)=O)cccc2[nH]1. The number of nitrogens with one attached hydrogen (secondary N) is 1. The number of benzene rings is 1. The van der Waals surface area contributed by atoms with Crippen LogP contribution in [0, 0.1) is 0 Å². The van der Waals surface area contributed by atoms with Crippen LogP contribution in [0.5, 0.6) is 0 Å². The van der Waals surface area contributed by atoms with Crippen LogP contribution in [-0.2, 0) is 6.42 Å². The van der Waals surface area contributed by atoms with Crippen molar-refractivity contribution in [3.63, 3.8) is 0 Å². The molecule has 0 radical (unpaired) electrons. The van der Waals surface area contributed by atoms with Gasteiger partial charge in [-0.15, -0.1) is 0 Å². The number of ketones is 1. The van der Waals surface area contributed by atoms with Gasteiger partial charge in [0.1, 0.15) is 5.82 Å². The Hall–Kier alpha value is -1.64. The van der Waals surface area contributed by atoms with Crippen LogP contribution in [0.1, 0.15) is 30.0 Å². The highest BCUT2D eigenvalue weighted by molar-refractivity contribution is 6.04. The van der Waals surface area contributed by atoms with Crippen LogP contribution in [0.2, 0.25) is 0 Å². The van der Waals surface area contributed by atoms with Crippen molar-refractivity contribution in [3.8, 4) is 0 Å². The first kappa shape index (κ1) is 8.94. The summed E-state index contributed by atoms with van der Waals surface area (Å²) in [4.78, 5) is 18.9. The van der Waals surface area contributed by atoms with Crippen molar-refractivity contribution in [2.45, 2.75) is 20.3 Å². The molecule has 2 rings (SSSR count). The Morgan fingerprint density at radius 1 is 1.50 bits per heavy atom. The first-order valence-electron chi connectivity index (χ1n) is 4.71. The van der Waals surface area contributed by atoms with Crippen molar-refractivity contribution in [1.29, 1.82) is 0 Å². The third-order valence-electron chi connectivity index (χ3n) is 2.28. The summed E-state index contributed by atoms with van der Waals surface area (Å²) in [6, 6.07) is 5.62. The lowest BCUT2D eigenvalue weighted by Gasteiger charge is -1.94. The fraction of sp³-hybridized carbons (Fsp3) is 0.273. The van der Waals surface area contributed by atoms with Crippen LogP contribution in [0.25, 0.3) is 11.0 Å². The second kappa shape index (κ2) is 3.25. The standard InChI is InChI=1S/C11H12N2O/c1-3-10-12-9-6-4-5-8(7(2)14)11(9)13-10/h4-6H,3H2,1-2H3,(H,12,13). The predicted octanol–water partition coefficient (Wildman–Crippen LogP) is 2.33. The number of carbonyl (C=O) groups excluding carboxylic acids is 1. The highest BCUT2D eigenvalue weighted by Crippen LogP contribution is 2.16. The van der Waals surface area contributed by atoms with E-state index in [1.807, 2.05) is 25.1 Å². The lowest BCUT2D eigenvalue weighted by Crippen LogP contribution is -1.92. The number of para-hydroxylation sites is 1. The number of imidazole rings is 1. The summed E-state index contributed by atoms with van der Waals surface area (Å²) in [5.41, 5.74) is 2.42. The molecular weight excluding hydrogens is 176 g/mol. The van der Waals surface area contributed by atoms with Crippen molar-refractivity contribution in [2.24, 2.45) is 0 Å². The first-order valence-corrected chi connectivity index (χ1v) is 4.71. The molecule has 0 aliphatic heterocycles. The summed E-state index contributed by atoms with van der Waals surface area (Å²) in [7, 11) is 0. The molecule has 1 N–H and O–H groups in total. The topological polar surface area (TPSA) is 45.8 Å². The van der Waals surface area contributed by atoms with Crippen molar-refractivity contribution in [2.75, 3.05) is 0 Å². The molecule has 0 spiro atoms. The van der Waals surface area contributed by atoms with E-state index in [0.717, 1.165) is 23.3 Å². The fourth-order valence-corrected chi connectivity index (χ4v) is 1.53. The summed E-state index contributed by atoms with van der Waals surface area (Å²) < 4.78 is 0. The van der Waals surface area contributed by atoms with Gasteiger partial charge in [0.05, 0.1) is 11.0 Å². The summed E-state index contributed by atoms with van der Waals surface area (Å²) in [6.45, 7) is 3.60. The van der Waals surface area contributed by atoms with E-state index >= 15 is 0 Å². The lowest BCUT2D eigenvalue weighted by atomic mass is 10.1. The molecule has 1 heterocycles. The third kappa shape index (κ3) is 1.31. The smallest absolute Gasteiger partial charge is 0.162 e. The number of aryl methyl sites for hydroxylation is 1. The monoisotopic (exact) mass is 188 g/mol. The summed E-state index contributed by atoms with van der Waals surface area (Å²) in [5.74, 6) is 0.985. The van der Waals surface area contributed by atoms with Crippen molar-refractivity contribution < 1.29 is 4.79 Å². The summed E-state index contributed by atoms with van der Waals surface area (Å²) in [6.07, 6.45) is 0.853. The zero-order chi connectivity index (χ0) is 10.1. The predicted molar refractivity (Wildman–Crippen MR) is 55.5 cm³/mol. The Bertz CT molecular complexity index is 485. The van der Waals surface area contributed by atoms with Gasteiger partial charge >= 0.3 is 0 Å². The van der Waals surface area contributed by atoms with Gasteiger partial charge in [0.15, 0.2) is 5.78 Å². The largest absolute Gasteiger partial charge is 0.342 e. The zero-order valence-corrected chi connectivity index (χ0v) is 8.29. The Morgan fingerprint density at radius 2 is 2.29 bits per heavy atom. The van der Waals surface area contributed by atoms with Crippen LogP contribution in [0.3, 0.4) is 0 Å². The first-order chi connectivity index (χ1) is 6.72. The van der Waals surface area contributed by atoms with Crippen LogP contribution < -0.4 is 0 Å². The van der Waals surface area contributed by atoms with E-state index in [2.05, 4.69) is 9.97 Å². The average Bonchev–Trinajstić information content (AvgIpc) is 2.59. The van der Waals surface area contributed by atoms with E-state index in [-0.39, 0.29) is 5.78 Å². The summed E-state index contributed by atoms with van der Waals surface area (Å²) >= 11 is 0. The molecule has 0 aliphatic rings. The lowest BCUT2D eigenvalue weighted by molar-refractivity contribution is 0.101. The maximum atomic E-state index is 11.3. The minimum absolute atomic E-state index is 0.0600. The van der Waals surface area contributed by atoms with Crippen molar-refractivity contribution in [3.05, 3.63) is 29.6 Å². The molecule has 3 heteroatoms. The molecule has 0 unspecified atom stereocenters. The van der Waals surface area contributed by atoms with Gasteiger partial charge in [0.2, 0.25) is 0 Å².